The zero-order valence-corrected chi connectivity index (χ0v) is 24.5. The first-order valence-electron chi connectivity index (χ1n) is 11.6. The standard InChI is InChI=1S/C23H24BrF2N5O2S.C2HF3O2/c1-13-7-15(24)10-29-20(13)18-9-19(33-31-18)14-5-6-17(26)16(8-14)23(11-25)12-34(32,28-4)22(2,3)21(27)30-23;3-2(4,5)1(6)7/h5-10H,11-12H2,1-4H3,(H2,27,30);(H,6,7)/t23-,34?;/m0./s1. The molecule has 3 heterocycles. The van der Waals surface area contributed by atoms with Crippen LogP contribution in [0.15, 0.2) is 54.9 Å². The number of nitrogens with zero attached hydrogens (tertiary/aromatic N) is 4. The van der Waals surface area contributed by atoms with Crippen molar-refractivity contribution in [1.82, 2.24) is 10.1 Å². The summed E-state index contributed by atoms with van der Waals surface area (Å²) in [7, 11) is -1.65. The number of alkyl halides is 4. The van der Waals surface area contributed by atoms with Crippen molar-refractivity contribution < 1.29 is 40.6 Å². The summed E-state index contributed by atoms with van der Waals surface area (Å²) in [6.07, 6.45) is -3.43. The van der Waals surface area contributed by atoms with Crippen molar-refractivity contribution >= 4 is 37.5 Å². The minimum absolute atomic E-state index is 0.0319. The first-order valence-corrected chi connectivity index (χ1v) is 14.1. The predicted molar refractivity (Wildman–Crippen MR) is 146 cm³/mol. The number of carbonyl (C=O) groups is 1. The van der Waals surface area contributed by atoms with Gasteiger partial charge in [0.15, 0.2) is 5.76 Å². The lowest BCUT2D eigenvalue weighted by Gasteiger charge is -2.41. The van der Waals surface area contributed by atoms with Gasteiger partial charge >= 0.3 is 12.1 Å². The highest BCUT2D eigenvalue weighted by molar-refractivity contribution is 9.10. The number of hydrogen-bond acceptors (Lipinski definition) is 8. The fraction of sp³-hybridized carbons (Fsp3) is 0.360. The highest BCUT2D eigenvalue weighted by Gasteiger charge is 2.50. The van der Waals surface area contributed by atoms with Crippen LogP contribution in [0.2, 0.25) is 0 Å². The second-order valence-electron chi connectivity index (χ2n) is 9.53. The quantitative estimate of drug-likeness (QED) is 0.342. The third-order valence-electron chi connectivity index (χ3n) is 6.49. The van der Waals surface area contributed by atoms with E-state index in [1.165, 1.54) is 25.2 Å². The maximum atomic E-state index is 15.1. The second kappa shape index (κ2) is 11.5. The molecule has 0 bridgehead atoms. The average Bonchev–Trinajstić information content (AvgIpc) is 3.37. The van der Waals surface area contributed by atoms with Crippen molar-refractivity contribution in [3.63, 3.8) is 0 Å². The number of rotatable bonds is 4. The van der Waals surface area contributed by atoms with Gasteiger partial charge in [-0.15, -0.1) is 0 Å². The van der Waals surface area contributed by atoms with E-state index >= 15 is 4.39 Å². The molecule has 2 aromatic heterocycles. The van der Waals surface area contributed by atoms with Gasteiger partial charge in [-0.05, 0) is 66.5 Å². The molecule has 3 aromatic rings. The van der Waals surface area contributed by atoms with E-state index in [-0.39, 0.29) is 17.2 Å². The summed E-state index contributed by atoms with van der Waals surface area (Å²) in [4.78, 5) is 17.6. The molecule has 0 saturated carbocycles. The molecule has 0 radical (unpaired) electrons. The van der Waals surface area contributed by atoms with Crippen molar-refractivity contribution in [2.45, 2.75) is 37.2 Å². The molecule has 4 rings (SSSR count). The molecule has 0 fully saturated rings. The topological polar surface area (TPSA) is 144 Å². The maximum Gasteiger partial charge on any atom is 0.490 e. The number of aliphatic carboxylic acids is 1. The number of aromatic nitrogens is 2. The first-order chi connectivity index (χ1) is 18.9. The van der Waals surface area contributed by atoms with Gasteiger partial charge in [0.1, 0.15) is 34.3 Å². The van der Waals surface area contributed by atoms with Crippen molar-refractivity contribution in [2.75, 3.05) is 19.5 Å². The van der Waals surface area contributed by atoms with Crippen LogP contribution < -0.4 is 5.73 Å². The van der Waals surface area contributed by atoms with Gasteiger partial charge in [0.25, 0.3) is 0 Å². The van der Waals surface area contributed by atoms with Gasteiger partial charge in [-0.3, -0.25) is 9.98 Å². The number of amidine groups is 1. The zero-order chi connectivity index (χ0) is 31.0. The molecule has 3 N–H and O–H groups in total. The Morgan fingerprint density at radius 3 is 2.44 bits per heavy atom. The van der Waals surface area contributed by atoms with Gasteiger partial charge in [0, 0.05) is 34.9 Å². The molecule has 2 atom stereocenters. The maximum absolute atomic E-state index is 15.1. The van der Waals surface area contributed by atoms with Gasteiger partial charge in [0.2, 0.25) is 0 Å². The molecule has 1 aliphatic rings. The van der Waals surface area contributed by atoms with E-state index in [0.717, 1.165) is 10.0 Å². The summed E-state index contributed by atoms with van der Waals surface area (Å²) in [6.45, 7) is 4.08. The number of aryl methyl sites for hydroxylation is 1. The molecule has 0 aliphatic carbocycles. The van der Waals surface area contributed by atoms with E-state index in [2.05, 4.69) is 35.4 Å². The summed E-state index contributed by atoms with van der Waals surface area (Å²) < 4.78 is 84.3. The van der Waals surface area contributed by atoms with Crippen molar-refractivity contribution in [3.05, 3.63) is 57.9 Å². The van der Waals surface area contributed by atoms with Crippen molar-refractivity contribution in [2.24, 2.45) is 15.1 Å². The van der Waals surface area contributed by atoms with Gasteiger partial charge in [0.05, 0.1) is 21.2 Å². The molecule has 1 aromatic carbocycles. The Labute approximate surface area is 240 Å². The number of halogens is 6. The Morgan fingerprint density at radius 2 is 1.90 bits per heavy atom. The predicted octanol–water partition coefficient (Wildman–Crippen LogP) is 5.66. The van der Waals surface area contributed by atoms with Crippen LogP contribution in [0.25, 0.3) is 22.7 Å². The summed E-state index contributed by atoms with van der Waals surface area (Å²) in [5.74, 6) is -3.45. The molecule has 222 valence electrons. The van der Waals surface area contributed by atoms with Crippen LogP contribution in [-0.4, -0.2) is 61.7 Å². The Kier molecular flexibility index (Phi) is 8.98. The molecular weight excluding hydrogens is 641 g/mol. The lowest BCUT2D eigenvalue weighted by atomic mass is 9.90. The Hall–Kier alpha value is -3.40. The average molecular weight is 666 g/mol. The van der Waals surface area contributed by atoms with Gasteiger partial charge in [-0.1, -0.05) is 5.16 Å². The van der Waals surface area contributed by atoms with Crippen LogP contribution in [0.1, 0.15) is 25.0 Å². The minimum atomic E-state index is -5.08. The van der Waals surface area contributed by atoms with Crippen LogP contribution in [0.4, 0.5) is 22.0 Å². The Morgan fingerprint density at radius 1 is 1.27 bits per heavy atom. The highest BCUT2D eigenvalue weighted by Crippen LogP contribution is 2.41. The molecule has 16 heteroatoms. The van der Waals surface area contributed by atoms with E-state index in [0.29, 0.717) is 22.7 Å². The van der Waals surface area contributed by atoms with Crippen LogP contribution in [0.5, 0.6) is 0 Å². The number of pyridine rings is 1. The zero-order valence-electron chi connectivity index (χ0n) is 22.1. The lowest BCUT2D eigenvalue weighted by molar-refractivity contribution is -0.192. The Balaban J connectivity index is 0.000000587. The monoisotopic (exact) mass is 665 g/mol. The fourth-order valence-electron chi connectivity index (χ4n) is 4.00. The van der Waals surface area contributed by atoms with Crippen LogP contribution in [0.3, 0.4) is 0 Å². The smallest absolute Gasteiger partial charge is 0.475 e. The number of carboxylic acid groups (broad SMARTS) is 1. The number of aliphatic imine (C=N–C) groups is 1. The van der Waals surface area contributed by atoms with E-state index in [9.17, 15) is 21.8 Å². The summed E-state index contributed by atoms with van der Waals surface area (Å²) in [6, 6.07) is 7.71. The molecule has 0 saturated heterocycles. The molecular formula is C25H25BrF5N5O4S. The first kappa shape index (κ1) is 32.1. The van der Waals surface area contributed by atoms with E-state index in [4.69, 9.17) is 20.2 Å². The van der Waals surface area contributed by atoms with Gasteiger partial charge in [-0.2, -0.15) is 13.2 Å². The van der Waals surface area contributed by atoms with Crippen LogP contribution in [-0.2, 0) is 20.1 Å². The fourth-order valence-corrected chi connectivity index (χ4v) is 6.71. The normalized spacial score (nSPS) is 21.9. The van der Waals surface area contributed by atoms with Crippen molar-refractivity contribution in [3.8, 4) is 22.7 Å². The third-order valence-corrected chi connectivity index (χ3v) is 10.2. The number of hydrogen-bond donors (Lipinski definition) is 2. The summed E-state index contributed by atoms with van der Waals surface area (Å²) in [5, 5.41) is 11.2. The van der Waals surface area contributed by atoms with E-state index in [1.807, 2.05) is 13.0 Å². The van der Waals surface area contributed by atoms with Gasteiger partial charge < -0.3 is 15.4 Å². The Bertz CT molecular complexity index is 1630. The number of carboxylic acids is 1. The SMILES string of the molecule is CN=S1(=O)C[C@@](CF)(c2cc(-c3cc(-c4ncc(Br)cc4C)no3)ccc2F)N=C(N)C1(C)C.O=C(O)C(F)(F)F. The van der Waals surface area contributed by atoms with Crippen LogP contribution in [0, 0.1) is 12.7 Å². The third kappa shape index (κ3) is 6.27. The minimum Gasteiger partial charge on any atom is -0.475 e. The van der Waals surface area contributed by atoms with E-state index in [1.54, 1.807) is 26.1 Å². The van der Waals surface area contributed by atoms with Crippen LogP contribution >= 0.6 is 15.9 Å². The second-order valence-corrected chi connectivity index (χ2v) is 13.4. The number of benzene rings is 1. The number of nitrogens with two attached hydrogens (primary N) is 1. The summed E-state index contributed by atoms with van der Waals surface area (Å²) >= 11 is 3.38. The largest absolute Gasteiger partial charge is 0.490 e. The molecule has 0 amide bonds. The lowest BCUT2D eigenvalue weighted by Crippen LogP contribution is -2.56. The highest BCUT2D eigenvalue weighted by atomic mass is 79.9. The molecule has 1 aliphatic heterocycles. The molecule has 9 nitrogen and oxygen atoms in total. The molecule has 41 heavy (non-hydrogen) atoms. The molecule has 0 spiro atoms. The summed E-state index contributed by atoms with van der Waals surface area (Å²) in [5.41, 5.74) is 6.76. The van der Waals surface area contributed by atoms with E-state index < -0.39 is 44.7 Å². The molecule has 1 unspecified atom stereocenters. The van der Waals surface area contributed by atoms with Gasteiger partial charge in [-0.25, -0.2) is 22.1 Å². The van der Waals surface area contributed by atoms with Crippen molar-refractivity contribution in [1.29, 1.82) is 0 Å².